The summed E-state index contributed by atoms with van der Waals surface area (Å²) in [7, 11) is 0. The molecule has 0 aliphatic carbocycles. The molecule has 0 radical (unpaired) electrons. The van der Waals surface area contributed by atoms with Crippen molar-refractivity contribution >= 4 is 17.0 Å². The van der Waals surface area contributed by atoms with Crippen molar-refractivity contribution in [3.8, 4) is 0 Å². The minimum atomic E-state index is 0.0700. The molecule has 0 rings (SSSR count). The molecule has 10 heavy (non-hydrogen) atoms. The van der Waals surface area contributed by atoms with Gasteiger partial charge < -0.3 is 5.32 Å². The molecule has 0 unspecified atom stereocenters. The summed E-state index contributed by atoms with van der Waals surface area (Å²) in [6, 6.07) is 0. The molecule has 0 aliphatic rings. The van der Waals surface area contributed by atoms with E-state index in [1.807, 2.05) is 0 Å². The zero-order valence-electron chi connectivity index (χ0n) is 6.81. The molecule has 0 bridgehead atoms. The summed E-state index contributed by atoms with van der Waals surface area (Å²) in [5.74, 6) is 0.669. The quantitative estimate of drug-likeness (QED) is 0.687. The van der Waals surface area contributed by atoms with Crippen molar-refractivity contribution in [2.24, 2.45) is 5.92 Å². The van der Waals surface area contributed by atoms with Crippen LogP contribution in [-0.2, 0) is 0 Å². The lowest BCUT2D eigenvalue weighted by Gasteiger charge is -2.04. The Bertz CT molecular complexity index is 104. The van der Waals surface area contributed by atoms with E-state index < -0.39 is 0 Å². The largest absolute Gasteiger partial charge is 0.347 e. The number of nitrogens with one attached hydrogen (secondary N) is 1. The second-order valence-corrected chi connectivity index (χ2v) is 3.38. The average molecular weight is 161 g/mol. The Balaban J connectivity index is 3.12. The Morgan fingerprint density at radius 1 is 1.60 bits per heavy atom. The van der Waals surface area contributed by atoms with Crippen LogP contribution in [0.3, 0.4) is 0 Å². The molecule has 0 atom stereocenters. The van der Waals surface area contributed by atoms with Crippen LogP contribution < -0.4 is 5.32 Å². The van der Waals surface area contributed by atoms with E-state index in [0.717, 1.165) is 13.0 Å². The summed E-state index contributed by atoms with van der Waals surface area (Å²) in [6.07, 6.45) is 2.84. The van der Waals surface area contributed by atoms with E-state index in [0.29, 0.717) is 5.92 Å². The lowest BCUT2D eigenvalue weighted by atomic mass is 10.1. The average Bonchev–Trinajstić information content (AvgIpc) is 1.87. The van der Waals surface area contributed by atoms with Crippen molar-refractivity contribution in [2.75, 3.05) is 12.8 Å². The van der Waals surface area contributed by atoms with Gasteiger partial charge in [0.2, 0.25) is 0 Å². The topological polar surface area (TPSA) is 29.1 Å². The molecule has 0 aliphatic heterocycles. The number of hydrogen-bond acceptors (Lipinski definition) is 2. The zero-order valence-corrected chi connectivity index (χ0v) is 7.62. The van der Waals surface area contributed by atoms with E-state index in [1.165, 1.54) is 11.8 Å². The molecular weight excluding hydrogens is 146 g/mol. The normalized spacial score (nSPS) is 10.0. The first-order valence-electron chi connectivity index (χ1n) is 3.48. The number of amides is 1. The summed E-state index contributed by atoms with van der Waals surface area (Å²) in [6.45, 7) is 5.09. The predicted molar refractivity (Wildman–Crippen MR) is 46.4 cm³/mol. The van der Waals surface area contributed by atoms with E-state index in [4.69, 9.17) is 0 Å². The van der Waals surface area contributed by atoms with Crippen molar-refractivity contribution in [1.29, 1.82) is 0 Å². The minimum Gasteiger partial charge on any atom is -0.347 e. The van der Waals surface area contributed by atoms with Crippen molar-refractivity contribution < 1.29 is 4.79 Å². The monoisotopic (exact) mass is 161 g/mol. The van der Waals surface area contributed by atoms with Crippen LogP contribution in [-0.4, -0.2) is 18.0 Å². The maximum atomic E-state index is 10.6. The van der Waals surface area contributed by atoms with Crippen molar-refractivity contribution in [3.63, 3.8) is 0 Å². The van der Waals surface area contributed by atoms with Gasteiger partial charge in [-0.1, -0.05) is 25.6 Å². The highest BCUT2D eigenvalue weighted by molar-refractivity contribution is 8.12. The molecular formula is C7H15NOS. The van der Waals surface area contributed by atoms with Crippen LogP contribution in [0, 0.1) is 5.92 Å². The van der Waals surface area contributed by atoms with Gasteiger partial charge in [-0.15, -0.1) is 0 Å². The number of rotatable bonds is 3. The van der Waals surface area contributed by atoms with Crippen molar-refractivity contribution in [2.45, 2.75) is 20.3 Å². The first-order chi connectivity index (χ1) is 4.66. The predicted octanol–water partition coefficient (Wildman–Crippen LogP) is 2.11. The first-order valence-corrected chi connectivity index (χ1v) is 4.71. The van der Waals surface area contributed by atoms with Crippen LogP contribution >= 0.6 is 11.8 Å². The van der Waals surface area contributed by atoms with Gasteiger partial charge in [-0.05, 0) is 18.6 Å². The molecule has 1 amide bonds. The summed E-state index contributed by atoms with van der Waals surface area (Å²) in [5, 5.41) is 2.86. The number of carbonyl (C=O) groups excluding carboxylic acids is 1. The number of thioether (sulfide) groups is 1. The van der Waals surface area contributed by atoms with Gasteiger partial charge in [0.15, 0.2) is 0 Å². The molecule has 0 heterocycles. The minimum absolute atomic E-state index is 0.0700. The fourth-order valence-electron chi connectivity index (χ4n) is 0.535. The highest BCUT2D eigenvalue weighted by atomic mass is 32.2. The molecule has 0 saturated heterocycles. The van der Waals surface area contributed by atoms with Crippen molar-refractivity contribution in [1.82, 2.24) is 5.32 Å². The van der Waals surface area contributed by atoms with Crippen LogP contribution in [0.2, 0.25) is 0 Å². The van der Waals surface area contributed by atoms with E-state index in [-0.39, 0.29) is 5.24 Å². The SMILES string of the molecule is CSC(=O)NCCC(C)C. The van der Waals surface area contributed by atoms with Gasteiger partial charge >= 0.3 is 0 Å². The number of carbonyl (C=O) groups is 1. The number of hydrogen-bond donors (Lipinski definition) is 1. The van der Waals surface area contributed by atoms with E-state index >= 15 is 0 Å². The molecule has 0 aromatic carbocycles. The van der Waals surface area contributed by atoms with Crippen LogP contribution in [0.1, 0.15) is 20.3 Å². The van der Waals surface area contributed by atoms with Crippen LogP contribution in [0.5, 0.6) is 0 Å². The summed E-state index contributed by atoms with van der Waals surface area (Å²) >= 11 is 1.23. The van der Waals surface area contributed by atoms with Gasteiger partial charge in [-0.25, -0.2) is 0 Å². The third kappa shape index (κ3) is 5.95. The Labute approximate surface area is 66.8 Å². The van der Waals surface area contributed by atoms with Gasteiger partial charge in [0.25, 0.3) is 5.24 Å². The third-order valence-corrected chi connectivity index (χ3v) is 1.69. The Morgan fingerprint density at radius 3 is 2.60 bits per heavy atom. The van der Waals surface area contributed by atoms with Crippen LogP contribution in [0.15, 0.2) is 0 Å². The van der Waals surface area contributed by atoms with Gasteiger partial charge in [-0.2, -0.15) is 0 Å². The Morgan fingerprint density at radius 2 is 2.20 bits per heavy atom. The zero-order chi connectivity index (χ0) is 7.98. The standard InChI is InChI=1S/C7H15NOS/c1-6(2)4-5-8-7(9)10-3/h6H,4-5H2,1-3H3,(H,8,9). The van der Waals surface area contributed by atoms with Gasteiger partial charge in [0, 0.05) is 6.54 Å². The highest BCUT2D eigenvalue weighted by Gasteiger charge is 1.97. The third-order valence-electron chi connectivity index (χ3n) is 1.18. The fraction of sp³-hybridized carbons (Fsp3) is 0.857. The first kappa shape index (κ1) is 9.82. The molecule has 2 nitrogen and oxygen atoms in total. The Hall–Kier alpha value is -0.180. The van der Waals surface area contributed by atoms with Crippen LogP contribution in [0.25, 0.3) is 0 Å². The molecule has 60 valence electrons. The highest BCUT2D eigenvalue weighted by Crippen LogP contribution is 1.98. The molecule has 1 N–H and O–H groups in total. The molecule has 3 heteroatoms. The second-order valence-electron chi connectivity index (χ2n) is 2.60. The smallest absolute Gasteiger partial charge is 0.278 e. The summed E-state index contributed by atoms with van der Waals surface area (Å²) in [4.78, 5) is 10.6. The lowest BCUT2D eigenvalue weighted by Crippen LogP contribution is -2.20. The maximum absolute atomic E-state index is 10.6. The fourth-order valence-corrected chi connectivity index (χ4v) is 0.781. The molecule has 0 aromatic heterocycles. The summed E-state index contributed by atoms with van der Waals surface area (Å²) in [5.41, 5.74) is 0. The van der Waals surface area contributed by atoms with E-state index in [1.54, 1.807) is 6.26 Å². The molecule has 0 saturated carbocycles. The Kier molecular flexibility index (Phi) is 5.49. The summed E-state index contributed by atoms with van der Waals surface area (Å²) < 4.78 is 0. The second kappa shape index (κ2) is 5.59. The van der Waals surface area contributed by atoms with Gasteiger partial charge in [0.1, 0.15) is 0 Å². The maximum Gasteiger partial charge on any atom is 0.278 e. The molecule has 0 spiro atoms. The van der Waals surface area contributed by atoms with Crippen LogP contribution in [0.4, 0.5) is 4.79 Å². The molecule has 0 fully saturated rings. The van der Waals surface area contributed by atoms with Crippen molar-refractivity contribution in [3.05, 3.63) is 0 Å². The van der Waals surface area contributed by atoms with Gasteiger partial charge in [0.05, 0.1) is 0 Å². The van der Waals surface area contributed by atoms with E-state index in [9.17, 15) is 4.79 Å². The van der Waals surface area contributed by atoms with E-state index in [2.05, 4.69) is 19.2 Å². The lowest BCUT2D eigenvalue weighted by molar-refractivity contribution is 0.260. The molecule has 0 aromatic rings. The van der Waals surface area contributed by atoms with Gasteiger partial charge in [-0.3, -0.25) is 4.79 Å².